The molecule has 0 amide bonds. The molecular weight excluding hydrogens is 276 g/mol. The first kappa shape index (κ1) is 17.5. The molecule has 2 aliphatic carbocycles. The first-order valence-electron chi connectivity index (χ1n) is 8.92. The van der Waals surface area contributed by atoms with Gasteiger partial charge in [-0.05, 0) is 56.3 Å². The molecule has 0 unspecified atom stereocenters. The Balaban J connectivity index is 2.30. The topological polar surface area (TPSA) is 46.5 Å². The van der Waals surface area contributed by atoms with Crippen LogP contribution in [0.4, 0.5) is 0 Å². The van der Waals surface area contributed by atoms with Crippen LogP contribution in [0, 0.1) is 23.2 Å². The van der Waals surface area contributed by atoms with Gasteiger partial charge in [-0.15, -0.1) is 0 Å². The summed E-state index contributed by atoms with van der Waals surface area (Å²) < 4.78 is 5.15. The van der Waals surface area contributed by atoms with Crippen molar-refractivity contribution in [2.45, 2.75) is 71.3 Å². The van der Waals surface area contributed by atoms with E-state index in [0.717, 1.165) is 38.5 Å². The lowest BCUT2D eigenvalue weighted by Gasteiger charge is -2.40. The van der Waals surface area contributed by atoms with Crippen LogP contribution < -0.4 is 0 Å². The molecule has 22 heavy (non-hydrogen) atoms. The maximum absolute atomic E-state index is 12.6. The van der Waals surface area contributed by atoms with Crippen molar-refractivity contribution >= 4 is 5.97 Å². The smallest absolute Gasteiger partial charge is 0.314 e. The van der Waals surface area contributed by atoms with Crippen molar-refractivity contribution in [3.8, 4) is 0 Å². The summed E-state index contributed by atoms with van der Waals surface area (Å²) in [5.74, 6) is 1.06. The second-order valence-electron chi connectivity index (χ2n) is 7.31. The molecule has 0 radical (unpaired) electrons. The molecule has 126 valence electrons. The minimum absolute atomic E-state index is 0.202. The van der Waals surface area contributed by atoms with Gasteiger partial charge < -0.3 is 9.84 Å². The molecule has 2 fully saturated rings. The summed E-state index contributed by atoms with van der Waals surface area (Å²) in [7, 11) is 1.46. The molecule has 3 nitrogen and oxygen atoms in total. The number of carbonyl (C=O) groups is 1. The lowest BCUT2D eigenvalue weighted by Crippen LogP contribution is -2.51. The highest BCUT2D eigenvalue weighted by molar-refractivity contribution is 5.79. The Morgan fingerprint density at radius 2 is 2.09 bits per heavy atom. The van der Waals surface area contributed by atoms with Crippen LogP contribution in [-0.2, 0) is 9.53 Å². The summed E-state index contributed by atoms with van der Waals surface area (Å²) in [6.07, 6.45) is 10.4. The number of allylic oxidation sites excluding steroid dienone is 2. The molecule has 1 N–H and O–H groups in total. The van der Waals surface area contributed by atoms with E-state index in [1.807, 2.05) is 0 Å². The fourth-order valence-corrected chi connectivity index (χ4v) is 5.38. The van der Waals surface area contributed by atoms with E-state index >= 15 is 0 Å². The van der Waals surface area contributed by atoms with E-state index < -0.39 is 11.0 Å². The molecule has 5 atom stereocenters. The van der Waals surface area contributed by atoms with Crippen LogP contribution in [0.3, 0.4) is 0 Å². The van der Waals surface area contributed by atoms with Crippen LogP contribution in [-0.4, -0.2) is 23.8 Å². The zero-order valence-electron chi connectivity index (χ0n) is 14.6. The molecule has 0 saturated heterocycles. The van der Waals surface area contributed by atoms with Gasteiger partial charge in [-0.2, -0.15) is 0 Å². The lowest BCUT2D eigenvalue weighted by molar-refractivity contribution is -0.172. The van der Waals surface area contributed by atoms with Gasteiger partial charge in [0.05, 0.1) is 18.1 Å². The monoisotopic (exact) mass is 308 g/mol. The summed E-state index contributed by atoms with van der Waals surface area (Å²) in [6.45, 7) is 6.54. The number of ether oxygens (including phenoxy) is 1. The van der Waals surface area contributed by atoms with Crippen LogP contribution in [0.5, 0.6) is 0 Å². The van der Waals surface area contributed by atoms with Gasteiger partial charge in [0.25, 0.3) is 0 Å². The lowest BCUT2D eigenvalue weighted by atomic mass is 9.68. The van der Waals surface area contributed by atoms with Gasteiger partial charge in [0.1, 0.15) is 0 Å². The minimum Gasteiger partial charge on any atom is -0.469 e. The Bertz CT molecular complexity index is 430. The highest BCUT2D eigenvalue weighted by Gasteiger charge is 2.68. The summed E-state index contributed by atoms with van der Waals surface area (Å²) in [5.41, 5.74) is -1.58. The molecule has 3 heteroatoms. The Labute approximate surface area is 135 Å². The number of hydrogen-bond acceptors (Lipinski definition) is 3. The zero-order valence-corrected chi connectivity index (χ0v) is 14.6. The van der Waals surface area contributed by atoms with E-state index in [1.54, 1.807) is 0 Å². The van der Waals surface area contributed by atoms with Gasteiger partial charge in [-0.1, -0.05) is 39.3 Å². The minimum atomic E-state index is -0.875. The Hall–Kier alpha value is -0.830. The van der Waals surface area contributed by atoms with Crippen LogP contribution in [0.2, 0.25) is 0 Å². The molecule has 0 spiro atoms. The Morgan fingerprint density at radius 3 is 2.68 bits per heavy atom. The fraction of sp³-hybridized carbons (Fsp3) is 0.842. The first-order valence-corrected chi connectivity index (χ1v) is 8.92. The normalized spacial score (nSPS) is 41.0. The molecule has 2 rings (SSSR count). The zero-order chi connectivity index (χ0) is 16.4. The predicted molar refractivity (Wildman–Crippen MR) is 88.3 cm³/mol. The van der Waals surface area contributed by atoms with E-state index in [4.69, 9.17) is 4.74 Å². The summed E-state index contributed by atoms with van der Waals surface area (Å²) >= 11 is 0. The molecule has 0 aromatic heterocycles. The standard InChI is InChI=1S/C19H32O3/c1-5-7-8-9-11-18(17(20)22-4)12-10-16-15(6-2)14(3)13-19(16,18)21/h7-8,14-16,21H,5-6,9-13H2,1-4H3/b8-7+/t14-,15+,16-,18-,19-/m1/s1. The largest absolute Gasteiger partial charge is 0.469 e. The molecule has 0 aromatic carbocycles. The van der Waals surface area contributed by atoms with Gasteiger partial charge in [-0.25, -0.2) is 0 Å². The summed E-state index contributed by atoms with van der Waals surface area (Å²) in [4.78, 5) is 12.6. The number of methoxy groups -OCH3 is 1. The number of hydrogen-bond donors (Lipinski definition) is 1. The van der Waals surface area contributed by atoms with E-state index in [9.17, 15) is 9.90 Å². The predicted octanol–water partition coefficient (Wildman–Crippen LogP) is 4.10. The molecule has 0 heterocycles. The van der Waals surface area contributed by atoms with Crippen molar-refractivity contribution in [1.82, 2.24) is 0 Å². The second-order valence-corrected chi connectivity index (χ2v) is 7.31. The summed E-state index contributed by atoms with van der Waals surface area (Å²) in [6, 6.07) is 0. The fourth-order valence-electron chi connectivity index (χ4n) is 5.38. The number of aliphatic hydroxyl groups is 1. The quantitative estimate of drug-likeness (QED) is 0.593. The van der Waals surface area contributed by atoms with Crippen molar-refractivity contribution in [3.05, 3.63) is 12.2 Å². The third-order valence-corrected chi connectivity index (χ3v) is 6.39. The van der Waals surface area contributed by atoms with Crippen molar-refractivity contribution < 1.29 is 14.6 Å². The van der Waals surface area contributed by atoms with Crippen LogP contribution in [0.25, 0.3) is 0 Å². The highest BCUT2D eigenvalue weighted by Crippen LogP contribution is 2.64. The maximum Gasteiger partial charge on any atom is 0.314 e. The molecule has 0 aliphatic heterocycles. The van der Waals surface area contributed by atoms with Crippen molar-refractivity contribution in [2.24, 2.45) is 23.2 Å². The van der Waals surface area contributed by atoms with E-state index in [0.29, 0.717) is 18.3 Å². The molecule has 2 saturated carbocycles. The number of carbonyl (C=O) groups excluding carboxylic acids is 1. The third kappa shape index (κ3) is 2.51. The molecular formula is C19H32O3. The number of fused-ring (bicyclic) bond motifs is 1. The van der Waals surface area contributed by atoms with Gasteiger partial charge >= 0.3 is 5.97 Å². The van der Waals surface area contributed by atoms with Crippen LogP contribution in [0.15, 0.2) is 12.2 Å². The first-order chi connectivity index (χ1) is 10.5. The van der Waals surface area contributed by atoms with E-state index in [1.165, 1.54) is 7.11 Å². The molecule has 2 aliphatic rings. The number of rotatable bonds is 6. The Kier molecular flexibility index (Phi) is 5.37. The number of esters is 1. The van der Waals surface area contributed by atoms with E-state index in [2.05, 4.69) is 32.9 Å². The molecule has 0 bridgehead atoms. The van der Waals surface area contributed by atoms with Crippen molar-refractivity contribution in [2.75, 3.05) is 7.11 Å². The van der Waals surface area contributed by atoms with Gasteiger partial charge in [0.2, 0.25) is 0 Å². The average Bonchev–Trinajstić information content (AvgIpc) is 2.92. The average molecular weight is 308 g/mol. The van der Waals surface area contributed by atoms with E-state index in [-0.39, 0.29) is 11.9 Å². The third-order valence-electron chi connectivity index (χ3n) is 6.39. The second kappa shape index (κ2) is 6.74. The van der Waals surface area contributed by atoms with Gasteiger partial charge in [0, 0.05) is 0 Å². The van der Waals surface area contributed by atoms with Crippen molar-refractivity contribution in [1.29, 1.82) is 0 Å². The summed E-state index contributed by atoms with van der Waals surface area (Å²) in [5, 5.41) is 11.5. The van der Waals surface area contributed by atoms with Gasteiger partial charge in [0.15, 0.2) is 0 Å². The van der Waals surface area contributed by atoms with Gasteiger partial charge in [-0.3, -0.25) is 4.79 Å². The maximum atomic E-state index is 12.6. The van der Waals surface area contributed by atoms with Crippen molar-refractivity contribution in [3.63, 3.8) is 0 Å². The van der Waals surface area contributed by atoms with Crippen LogP contribution >= 0.6 is 0 Å². The van der Waals surface area contributed by atoms with Crippen LogP contribution in [0.1, 0.15) is 65.7 Å². The highest BCUT2D eigenvalue weighted by atomic mass is 16.5. The Morgan fingerprint density at radius 1 is 1.36 bits per heavy atom. The SMILES string of the molecule is CC/C=C/CC[C@]1(C(=O)OC)CC[C@@H]2[C@@H](CC)[C@H](C)C[C@@]21O. The molecule has 0 aromatic rings.